The molecule has 13 heavy (non-hydrogen) atoms. The van der Waals surface area contributed by atoms with E-state index in [-0.39, 0.29) is 0 Å². The van der Waals surface area contributed by atoms with Gasteiger partial charge in [0.15, 0.2) is 0 Å². The summed E-state index contributed by atoms with van der Waals surface area (Å²) in [4.78, 5) is 4.22. The van der Waals surface area contributed by atoms with E-state index < -0.39 is 0 Å². The van der Waals surface area contributed by atoms with E-state index in [1.807, 2.05) is 12.4 Å². The van der Waals surface area contributed by atoms with Gasteiger partial charge in [-0.2, -0.15) is 0 Å². The number of hydrogen-bond donors (Lipinski definition) is 0. The molecule has 0 fully saturated rings. The van der Waals surface area contributed by atoms with Crippen molar-refractivity contribution in [2.75, 3.05) is 0 Å². The van der Waals surface area contributed by atoms with Crippen molar-refractivity contribution in [1.82, 2.24) is 4.98 Å². The standard InChI is InChI=1S/C12H15N/c1-10-7-12(9-13-8-10)11-5-3-2-4-6-11/h5,7-9H,2-4,6H2,1H3. The Labute approximate surface area is 79.5 Å². The fraction of sp³-hybridized carbons (Fsp3) is 0.417. The summed E-state index contributed by atoms with van der Waals surface area (Å²) in [7, 11) is 0. The van der Waals surface area contributed by atoms with Crippen molar-refractivity contribution in [1.29, 1.82) is 0 Å². The van der Waals surface area contributed by atoms with Gasteiger partial charge >= 0.3 is 0 Å². The molecule has 0 unspecified atom stereocenters. The van der Waals surface area contributed by atoms with Crippen LogP contribution in [0.4, 0.5) is 0 Å². The summed E-state index contributed by atoms with van der Waals surface area (Å²) in [6.07, 6.45) is 11.4. The first-order valence-electron chi connectivity index (χ1n) is 4.97. The Kier molecular flexibility index (Phi) is 2.44. The number of pyridine rings is 1. The van der Waals surface area contributed by atoms with Gasteiger partial charge in [-0.25, -0.2) is 0 Å². The first kappa shape index (κ1) is 8.49. The van der Waals surface area contributed by atoms with Gasteiger partial charge in [-0.15, -0.1) is 0 Å². The lowest BCUT2D eigenvalue weighted by Gasteiger charge is -2.12. The summed E-state index contributed by atoms with van der Waals surface area (Å²) in [5.41, 5.74) is 4.06. The fourth-order valence-electron chi connectivity index (χ4n) is 1.83. The minimum atomic E-state index is 1.23. The van der Waals surface area contributed by atoms with Gasteiger partial charge in [0.05, 0.1) is 0 Å². The van der Waals surface area contributed by atoms with E-state index in [9.17, 15) is 0 Å². The third-order valence-corrected chi connectivity index (χ3v) is 2.54. The maximum absolute atomic E-state index is 4.22. The van der Waals surface area contributed by atoms with Gasteiger partial charge in [0, 0.05) is 12.4 Å². The number of allylic oxidation sites excluding steroid dienone is 2. The third kappa shape index (κ3) is 1.97. The molecular formula is C12H15N. The normalized spacial score (nSPS) is 16.8. The number of hydrogen-bond acceptors (Lipinski definition) is 1. The molecule has 0 N–H and O–H groups in total. The number of rotatable bonds is 1. The van der Waals surface area contributed by atoms with Crippen molar-refractivity contribution in [2.24, 2.45) is 0 Å². The van der Waals surface area contributed by atoms with Crippen LogP contribution in [-0.2, 0) is 0 Å². The largest absolute Gasteiger partial charge is 0.264 e. The first-order chi connectivity index (χ1) is 6.36. The summed E-state index contributed by atoms with van der Waals surface area (Å²) in [5.74, 6) is 0. The highest BCUT2D eigenvalue weighted by Gasteiger charge is 2.05. The van der Waals surface area contributed by atoms with Crippen LogP contribution in [-0.4, -0.2) is 4.98 Å². The molecule has 68 valence electrons. The van der Waals surface area contributed by atoms with Gasteiger partial charge in [-0.3, -0.25) is 4.98 Å². The fourth-order valence-corrected chi connectivity index (χ4v) is 1.83. The molecule has 0 aliphatic heterocycles. The molecule has 0 radical (unpaired) electrons. The molecule has 0 amide bonds. The lowest BCUT2D eigenvalue weighted by molar-refractivity contribution is 0.741. The minimum Gasteiger partial charge on any atom is -0.264 e. The molecule has 1 heteroatoms. The third-order valence-electron chi connectivity index (χ3n) is 2.54. The molecule has 0 saturated heterocycles. The smallest absolute Gasteiger partial charge is 0.0343 e. The molecule has 0 spiro atoms. The average molecular weight is 173 g/mol. The van der Waals surface area contributed by atoms with Crippen molar-refractivity contribution < 1.29 is 0 Å². The monoisotopic (exact) mass is 173 g/mol. The maximum Gasteiger partial charge on any atom is 0.0343 e. The highest BCUT2D eigenvalue weighted by molar-refractivity contribution is 5.65. The van der Waals surface area contributed by atoms with Gasteiger partial charge in [-0.1, -0.05) is 6.08 Å². The van der Waals surface area contributed by atoms with E-state index in [1.54, 1.807) is 0 Å². The minimum absolute atomic E-state index is 1.23. The predicted molar refractivity (Wildman–Crippen MR) is 55.4 cm³/mol. The quantitative estimate of drug-likeness (QED) is 0.634. The lowest BCUT2D eigenvalue weighted by Crippen LogP contribution is -1.92. The van der Waals surface area contributed by atoms with Crippen LogP contribution in [0.5, 0.6) is 0 Å². The molecule has 2 rings (SSSR count). The van der Waals surface area contributed by atoms with Crippen LogP contribution in [0.15, 0.2) is 24.5 Å². The second-order valence-electron chi connectivity index (χ2n) is 3.73. The molecular weight excluding hydrogens is 158 g/mol. The van der Waals surface area contributed by atoms with Gasteiger partial charge in [0.2, 0.25) is 0 Å². The van der Waals surface area contributed by atoms with Crippen LogP contribution in [0.1, 0.15) is 36.8 Å². The van der Waals surface area contributed by atoms with Crippen molar-refractivity contribution in [3.63, 3.8) is 0 Å². The topological polar surface area (TPSA) is 12.9 Å². The van der Waals surface area contributed by atoms with Crippen molar-refractivity contribution in [2.45, 2.75) is 32.6 Å². The van der Waals surface area contributed by atoms with E-state index in [0.717, 1.165) is 0 Å². The average Bonchev–Trinajstić information content (AvgIpc) is 2.19. The van der Waals surface area contributed by atoms with Crippen LogP contribution < -0.4 is 0 Å². The molecule has 1 aromatic heterocycles. The Morgan fingerprint density at radius 1 is 1.23 bits per heavy atom. The number of nitrogens with zero attached hydrogens (tertiary/aromatic N) is 1. The summed E-state index contributed by atoms with van der Waals surface area (Å²) >= 11 is 0. The van der Waals surface area contributed by atoms with Crippen LogP contribution in [0, 0.1) is 6.92 Å². The van der Waals surface area contributed by atoms with E-state index in [4.69, 9.17) is 0 Å². The summed E-state index contributed by atoms with van der Waals surface area (Å²) in [6, 6.07) is 2.23. The van der Waals surface area contributed by atoms with Crippen molar-refractivity contribution in [3.8, 4) is 0 Å². The van der Waals surface area contributed by atoms with Crippen LogP contribution >= 0.6 is 0 Å². The zero-order valence-electron chi connectivity index (χ0n) is 8.09. The Morgan fingerprint density at radius 2 is 2.15 bits per heavy atom. The number of aromatic nitrogens is 1. The first-order valence-corrected chi connectivity index (χ1v) is 4.97. The lowest BCUT2D eigenvalue weighted by atomic mass is 9.94. The molecule has 1 aliphatic carbocycles. The second-order valence-corrected chi connectivity index (χ2v) is 3.73. The molecule has 1 nitrogen and oxygen atoms in total. The summed E-state index contributed by atoms with van der Waals surface area (Å²) in [5, 5.41) is 0. The van der Waals surface area contributed by atoms with Crippen molar-refractivity contribution >= 4 is 5.57 Å². The molecule has 1 heterocycles. The van der Waals surface area contributed by atoms with E-state index in [2.05, 4.69) is 24.1 Å². The Balaban J connectivity index is 2.29. The molecule has 1 aromatic rings. The molecule has 0 saturated carbocycles. The van der Waals surface area contributed by atoms with Crippen LogP contribution in [0.2, 0.25) is 0 Å². The Morgan fingerprint density at radius 3 is 2.85 bits per heavy atom. The number of aryl methyl sites for hydroxylation is 1. The summed E-state index contributed by atoms with van der Waals surface area (Å²) in [6.45, 7) is 2.10. The predicted octanol–water partition coefficient (Wildman–Crippen LogP) is 3.35. The zero-order valence-corrected chi connectivity index (χ0v) is 8.09. The van der Waals surface area contributed by atoms with E-state index >= 15 is 0 Å². The van der Waals surface area contributed by atoms with E-state index in [1.165, 1.54) is 42.4 Å². The molecule has 0 aromatic carbocycles. The van der Waals surface area contributed by atoms with Crippen LogP contribution in [0.25, 0.3) is 5.57 Å². The van der Waals surface area contributed by atoms with Crippen molar-refractivity contribution in [3.05, 3.63) is 35.7 Å². The second kappa shape index (κ2) is 3.73. The molecule has 0 atom stereocenters. The SMILES string of the molecule is Cc1cncc(C2=CCCCC2)c1. The summed E-state index contributed by atoms with van der Waals surface area (Å²) < 4.78 is 0. The van der Waals surface area contributed by atoms with Crippen LogP contribution in [0.3, 0.4) is 0 Å². The maximum atomic E-state index is 4.22. The van der Waals surface area contributed by atoms with Gasteiger partial charge in [0.25, 0.3) is 0 Å². The Bertz CT molecular complexity index is 326. The van der Waals surface area contributed by atoms with Gasteiger partial charge < -0.3 is 0 Å². The highest BCUT2D eigenvalue weighted by atomic mass is 14.6. The molecule has 1 aliphatic rings. The Hall–Kier alpha value is -1.11. The molecule has 0 bridgehead atoms. The van der Waals surface area contributed by atoms with E-state index in [0.29, 0.717) is 0 Å². The highest BCUT2D eigenvalue weighted by Crippen LogP contribution is 2.26. The van der Waals surface area contributed by atoms with Gasteiger partial charge in [-0.05, 0) is 55.4 Å². The van der Waals surface area contributed by atoms with Gasteiger partial charge in [0.1, 0.15) is 0 Å². The zero-order chi connectivity index (χ0) is 9.10.